The quantitative estimate of drug-likeness (QED) is 0.424. The fourth-order valence-corrected chi connectivity index (χ4v) is 6.24. The van der Waals surface area contributed by atoms with Crippen molar-refractivity contribution < 1.29 is 13.5 Å². The van der Waals surface area contributed by atoms with Crippen molar-refractivity contribution in [3.8, 4) is 0 Å². The van der Waals surface area contributed by atoms with E-state index in [0.717, 1.165) is 29.7 Å². The average Bonchev–Trinajstić information content (AvgIpc) is 3.57. The minimum atomic E-state index is -0.685. The van der Waals surface area contributed by atoms with Crippen LogP contribution >= 0.6 is 0 Å². The first-order valence-corrected chi connectivity index (χ1v) is 12.2. The van der Waals surface area contributed by atoms with Crippen LogP contribution in [0.5, 0.6) is 0 Å². The van der Waals surface area contributed by atoms with Gasteiger partial charge in [0.15, 0.2) is 11.6 Å². The minimum Gasteiger partial charge on any atom is -0.368 e. The zero-order valence-corrected chi connectivity index (χ0v) is 18.3. The molecule has 2 saturated carbocycles. The molecule has 0 N–H and O–H groups in total. The average molecular weight is 405 g/mol. The van der Waals surface area contributed by atoms with Crippen LogP contribution in [0.15, 0.2) is 6.07 Å². The number of hydrogen-bond donors (Lipinski definition) is 0. The minimum absolute atomic E-state index is 0.232. The van der Waals surface area contributed by atoms with Crippen molar-refractivity contribution >= 4 is 0 Å². The highest BCUT2D eigenvalue weighted by molar-refractivity contribution is 5.36. The van der Waals surface area contributed by atoms with Crippen molar-refractivity contribution in [2.45, 2.75) is 97.0 Å². The molecule has 162 valence electrons. The lowest BCUT2D eigenvalue weighted by molar-refractivity contribution is 0.141. The number of rotatable bonds is 7. The van der Waals surface area contributed by atoms with Crippen molar-refractivity contribution in [2.75, 3.05) is 6.61 Å². The van der Waals surface area contributed by atoms with Crippen molar-refractivity contribution in [3.05, 3.63) is 34.4 Å². The summed E-state index contributed by atoms with van der Waals surface area (Å²) in [4.78, 5) is 0. The van der Waals surface area contributed by atoms with Crippen LogP contribution < -0.4 is 0 Å². The molecule has 1 atom stereocenters. The summed E-state index contributed by atoms with van der Waals surface area (Å²) in [7, 11) is 0. The predicted molar refractivity (Wildman–Crippen MR) is 114 cm³/mol. The van der Waals surface area contributed by atoms with Gasteiger partial charge in [0, 0.05) is 5.56 Å². The molecule has 4 rings (SSSR count). The zero-order valence-electron chi connectivity index (χ0n) is 18.3. The SMILES string of the molecule is CCCC1CCC(C2CCC(CCc3c(C)cc(C4CO4)c(F)c3F)CC2)CC1. The maximum Gasteiger partial charge on any atom is 0.165 e. The smallest absolute Gasteiger partial charge is 0.165 e. The normalized spacial score (nSPS) is 32.3. The summed E-state index contributed by atoms with van der Waals surface area (Å²) in [6.07, 6.45) is 15.2. The summed E-state index contributed by atoms with van der Waals surface area (Å²) in [5, 5.41) is 0. The summed E-state index contributed by atoms with van der Waals surface area (Å²) in [5.41, 5.74) is 1.87. The Hall–Kier alpha value is -0.960. The molecule has 3 heteroatoms. The van der Waals surface area contributed by atoms with E-state index in [4.69, 9.17) is 4.74 Å². The van der Waals surface area contributed by atoms with Gasteiger partial charge in [-0.1, -0.05) is 45.4 Å². The van der Waals surface area contributed by atoms with Crippen molar-refractivity contribution in [2.24, 2.45) is 23.7 Å². The molecule has 1 unspecified atom stereocenters. The first-order chi connectivity index (χ1) is 14.1. The Morgan fingerprint density at radius 2 is 1.41 bits per heavy atom. The summed E-state index contributed by atoms with van der Waals surface area (Å²) in [6, 6.07) is 1.80. The third-order valence-electron chi connectivity index (χ3n) is 8.19. The fraction of sp³-hybridized carbons (Fsp3) is 0.769. The predicted octanol–water partition coefficient (Wildman–Crippen LogP) is 7.69. The van der Waals surface area contributed by atoms with Gasteiger partial charge in [0.2, 0.25) is 0 Å². The number of epoxide rings is 1. The van der Waals surface area contributed by atoms with Crippen LogP contribution in [0, 0.1) is 42.2 Å². The molecule has 29 heavy (non-hydrogen) atoms. The van der Waals surface area contributed by atoms with E-state index in [2.05, 4.69) is 6.92 Å². The highest BCUT2D eigenvalue weighted by Gasteiger charge is 2.32. The second-order valence-corrected chi connectivity index (χ2v) is 10.1. The van der Waals surface area contributed by atoms with Gasteiger partial charge < -0.3 is 4.74 Å². The lowest BCUT2D eigenvalue weighted by Gasteiger charge is -2.38. The van der Waals surface area contributed by atoms with Gasteiger partial charge in [-0.2, -0.15) is 0 Å². The third kappa shape index (κ3) is 5.03. The molecule has 0 amide bonds. The molecule has 1 heterocycles. The molecule has 0 bridgehead atoms. The highest BCUT2D eigenvalue weighted by Crippen LogP contribution is 2.43. The second-order valence-electron chi connectivity index (χ2n) is 10.1. The molecule has 3 fully saturated rings. The molecular formula is C26H38F2O. The van der Waals surface area contributed by atoms with Crippen LogP contribution in [0.4, 0.5) is 8.78 Å². The summed E-state index contributed by atoms with van der Waals surface area (Å²) < 4.78 is 34.2. The Kier molecular flexibility index (Phi) is 6.94. The van der Waals surface area contributed by atoms with Crippen LogP contribution in [0.3, 0.4) is 0 Å². The van der Waals surface area contributed by atoms with E-state index in [1.54, 1.807) is 6.07 Å². The van der Waals surface area contributed by atoms with Gasteiger partial charge in [0.05, 0.1) is 6.61 Å². The highest BCUT2D eigenvalue weighted by atomic mass is 19.2. The van der Waals surface area contributed by atoms with Crippen molar-refractivity contribution in [3.63, 3.8) is 0 Å². The molecule has 1 aromatic rings. The largest absolute Gasteiger partial charge is 0.368 e. The van der Waals surface area contributed by atoms with Crippen molar-refractivity contribution in [1.29, 1.82) is 0 Å². The van der Waals surface area contributed by atoms with Crippen LogP contribution in [0.25, 0.3) is 0 Å². The molecule has 0 radical (unpaired) electrons. The number of halogens is 2. The van der Waals surface area contributed by atoms with E-state index < -0.39 is 11.6 Å². The van der Waals surface area contributed by atoms with Gasteiger partial charge in [0.1, 0.15) is 6.10 Å². The third-order valence-corrected chi connectivity index (χ3v) is 8.19. The summed E-state index contributed by atoms with van der Waals surface area (Å²) >= 11 is 0. The molecule has 1 saturated heterocycles. The molecule has 1 aliphatic heterocycles. The Bertz CT molecular complexity index is 680. The van der Waals surface area contributed by atoms with Crippen LogP contribution in [0.1, 0.15) is 100 Å². The standard InChI is InChI=1S/C26H38F2O/c1-3-4-18-5-10-20(11-6-18)21-12-7-19(8-13-21)9-14-22-17(2)15-23(24-16-29-24)26(28)25(22)27/h15,18-21,24H,3-14,16H2,1-2H3. The van der Waals surface area contributed by atoms with E-state index in [0.29, 0.717) is 30.1 Å². The Labute approximate surface area is 175 Å². The maximum atomic E-state index is 14.6. The Balaban J connectivity index is 1.25. The van der Waals surface area contributed by atoms with Crippen LogP contribution in [0.2, 0.25) is 0 Å². The molecule has 3 aliphatic rings. The molecule has 1 aromatic carbocycles. The van der Waals surface area contributed by atoms with E-state index in [9.17, 15) is 8.78 Å². The lowest BCUT2D eigenvalue weighted by atomic mass is 9.68. The van der Waals surface area contributed by atoms with Gasteiger partial charge in [-0.25, -0.2) is 8.78 Å². The summed E-state index contributed by atoms with van der Waals surface area (Å²) in [6.45, 7) is 4.74. The number of aryl methyl sites for hydroxylation is 1. The number of benzene rings is 1. The van der Waals surface area contributed by atoms with E-state index >= 15 is 0 Å². The van der Waals surface area contributed by atoms with E-state index in [-0.39, 0.29) is 6.10 Å². The lowest BCUT2D eigenvalue weighted by Crippen LogP contribution is -2.26. The maximum absolute atomic E-state index is 14.6. The topological polar surface area (TPSA) is 12.5 Å². The molecule has 0 aromatic heterocycles. The number of hydrogen-bond acceptors (Lipinski definition) is 1. The molecule has 1 nitrogen and oxygen atoms in total. The van der Waals surface area contributed by atoms with Gasteiger partial charge in [-0.05, 0) is 86.3 Å². The zero-order chi connectivity index (χ0) is 20.4. The molecule has 2 aliphatic carbocycles. The fourth-order valence-electron chi connectivity index (χ4n) is 6.24. The van der Waals surface area contributed by atoms with E-state index in [1.807, 2.05) is 6.92 Å². The van der Waals surface area contributed by atoms with Crippen molar-refractivity contribution in [1.82, 2.24) is 0 Å². The van der Waals surface area contributed by atoms with Gasteiger partial charge in [-0.15, -0.1) is 0 Å². The van der Waals surface area contributed by atoms with E-state index in [1.165, 1.54) is 64.2 Å². The first kappa shape index (κ1) is 21.3. The van der Waals surface area contributed by atoms with Gasteiger partial charge >= 0.3 is 0 Å². The Morgan fingerprint density at radius 3 is 1.93 bits per heavy atom. The summed E-state index contributed by atoms with van der Waals surface area (Å²) in [5.74, 6) is 2.22. The Morgan fingerprint density at radius 1 is 0.862 bits per heavy atom. The number of ether oxygens (including phenoxy) is 1. The van der Waals surface area contributed by atoms with Crippen LogP contribution in [-0.4, -0.2) is 6.61 Å². The van der Waals surface area contributed by atoms with Gasteiger partial charge in [-0.3, -0.25) is 0 Å². The van der Waals surface area contributed by atoms with Crippen LogP contribution in [-0.2, 0) is 11.2 Å². The molecular weight excluding hydrogens is 366 g/mol. The second kappa shape index (κ2) is 9.45. The molecule has 0 spiro atoms. The van der Waals surface area contributed by atoms with Gasteiger partial charge in [0.25, 0.3) is 0 Å². The first-order valence-electron chi connectivity index (χ1n) is 12.2. The monoisotopic (exact) mass is 404 g/mol.